The minimum absolute atomic E-state index is 0.193. The molecule has 0 amide bonds. The summed E-state index contributed by atoms with van der Waals surface area (Å²) < 4.78 is 4.85. The number of benzene rings is 1. The van der Waals surface area contributed by atoms with E-state index in [2.05, 4.69) is 0 Å². The van der Waals surface area contributed by atoms with Crippen LogP contribution in [-0.2, 0) is 15.1 Å². The molecule has 4 nitrogen and oxygen atoms in total. The van der Waals surface area contributed by atoms with Crippen LogP contribution in [0.4, 0.5) is 0 Å². The SMILES string of the molecule is CCOC(=O)CC(N)CCC(C)(O)c1ccccc1. The van der Waals surface area contributed by atoms with Gasteiger partial charge in [0.05, 0.1) is 18.6 Å². The number of esters is 1. The van der Waals surface area contributed by atoms with Crippen molar-refractivity contribution in [2.24, 2.45) is 5.73 Å². The van der Waals surface area contributed by atoms with Crippen LogP contribution < -0.4 is 5.73 Å². The predicted molar refractivity (Wildman–Crippen MR) is 74.5 cm³/mol. The maximum absolute atomic E-state index is 11.3. The van der Waals surface area contributed by atoms with E-state index in [0.29, 0.717) is 19.4 Å². The number of nitrogens with two attached hydrogens (primary N) is 1. The molecule has 4 heteroatoms. The molecule has 2 atom stereocenters. The van der Waals surface area contributed by atoms with Crippen LogP contribution in [0.25, 0.3) is 0 Å². The fourth-order valence-electron chi connectivity index (χ4n) is 1.94. The van der Waals surface area contributed by atoms with Gasteiger partial charge < -0.3 is 15.6 Å². The van der Waals surface area contributed by atoms with Crippen molar-refractivity contribution in [3.63, 3.8) is 0 Å². The summed E-state index contributed by atoms with van der Waals surface area (Å²) in [5.74, 6) is -0.283. The second-order valence-corrected chi connectivity index (χ2v) is 4.95. The summed E-state index contributed by atoms with van der Waals surface area (Å²) in [6.07, 6.45) is 1.27. The third-order valence-corrected chi connectivity index (χ3v) is 3.13. The van der Waals surface area contributed by atoms with Crippen LogP contribution in [0.3, 0.4) is 0 Å². The zero-order valence-electron chi connectivity index (χ0n) is 11.6. The molecule has 0 spiro atoms. The van der Waals surface area contributed by atoms with Crippen molar-refractivity contribution in [2.45, 2.75) is 44.8 Å². The van der Waals surface area contributed by atoms with Gasteiger partial charge in [-0.25, -0.2) is 0 Å². The van der Waals surface area contributed by atoms with E-state index in [0.717, 1.165) is 5.56 Å². The highest BCUT2D eigenvalue weighted by molar-refractivity contribution is 5.70. The predicted octanol–water partition coefficient (Wildman–Crippen LogP) is 1.95. The Balaban J connectivity index is 2.45. The smallest absolute Gasteiger partial charge is 0.307 e. The number of carbonyl (C=O) groups excluding carboxylic acids is 1. The fraction of sp³-hybridized carbons (Fsp3) is 0.533. The molecule has 106 valence electrons. The molecule has 0 saturated heterocycles. The molecule has 0 saturated carbocycles. The van der Waals surface area contributed by atoms with Gasteiger partial charge in [-0.05, 0) is 32.3 Å². The standard InChI is InChI=1S/C15H23NO3/c1-3-19-14(17)11-13(16)9-10-15(2,18)12-7-5-4-6-8-12/h4-8,13,18H,3,9-11,16H2,1-2H3. The number of rotatable bonds is 7. The summed E-state index contributed by atoms with van der Waals surface area (Å²) in [6.45, 7) is 3.90. The molecule has 0 fully saturated rings. The zero-order valence-corrected chi connectivity index (χ0v) is 11.6. The highest BCUT2D eigenvalue weighted by Gasteiger charge is 2.24. The van der Waals surface area contributed by atoms with Crippen LogP contribution in [0.1, 0.15) is 38.7 Å². The Bertz CT molecular complexity index is 390. The number of hydrogen-bond donors (Lipinski definition) is 2. The normalized spacial score (nSPS) is 15.6. The molecule has 0 radical (unpaired) electrons. The van der Waals surface area contributed by atoms with Gasteiger partial charge in [0.2, 0.25) is 0 Å². The summed E-state index contributed by atoms with van der Waals surface area (Å²) in [4.78, 5) is 11.3. The van der Waals surface area contributed by atoms with Gasteiger partial charge in [-0.1, -0.05) is 30.3 Å². The summed E-state index contributed by atoms with van der Waals surface area (Å²) in [5, 5.41) is 10.4. The van der Waals surface area contributed by atoms with Crippen molar-refractivity contribution in [1.82, 2.24) is 0 Å². The Morgan fingerprint density at radius 2 is 2.05 bits per heavy atom. The molecule has 1 aromatic carbocycles. The topological polar surface area (TPSA) is 72.5 Å². The van der Waals surface area contributed by atoms with Gasteiger partial charge in [-0.2, -0.15) is 0 Å². The Labute approximate surface area is 114 Å². The molecule has 0 aromatic heterocycles. The molecule has 2 unspecified atom stereocenters. The molecule has 3 N–H and O–H groups in total. The molecule has 0 heterocycles. The fourth-order valence-corrected chi connectivity index (χ4v) is 1.94. The van der Waals surface area contributed by atoms with Crippen LogP contribution in [-0.4, -0.2) is 23.7 Å². The lowest BCUT2D eigenvalue weighted by Gasteiger charge is -2.25. The zero-order chi connectivity index (χ0) is 14.3. The number of aliphatic hydroxyl groups is 1. The van der Waals surface area contributed by atoms with Crippen molar-refractivity contribution in [2.75, 3.05) is 6.61 Å². The van der Waals surface area contributed by atoms with E-state index < -0.39 is 5.60 Å². The molecular weight excluding hydrogens is 242 g/mol. The van der Waals surface area contributed by atoms with E-state index in [1.165, 1.54) is 0 Å². The van der Waals surface area contributed by atoms with Gasteiger partial charge in [0.1, 0.15) is 0 Å². The Kier molecular flexibility index (Phi) is 5.99. The molecule has 19 heavy (non-hydrogen) atoms. The third kappa shape index (κ3) is 5.41. The molecule has 1 rings (SSSR count). The highest BCUT2D eigenvalue weighted by atomic mass is 16.5. The van der Waals surface area contributed by atoms with Crippen LogP contribution in [0.2, 0.25) is 0 Å². The third-order valence-electron chi connectivity index (χ3n) is 3.13. The first-order chi connectivity index (χ1) is 8.95. The lowest BCUT2D eigenvalue weighted by atomic mass is 9.89. The molecule has 0 bridgehead atoms. The first kappa shape index (κ1) is 15.7. The van der Waals surface area contributed by atoms with Gasteiger partial charge in [-0.3, -0.25) is 4.79 Å². The van der Waals surface area contributed by atoms with E-state index in [4.69, 9.17) is 10.5 Å². The second-order valence-electron chi connectivity index (χ2n) is 4.95. The van der Waals surface area contributed by atoms with Crippen LogP contribution in [0, 0.1) is 0 Å². The van der Waals surface area contributed by atoms with Gasteiger partial charge in [0.15, 0.2) is 0 Å². The summed E-state index contributed by atoms with van der Waals surface area (Å²) >= 11 is 0. The molecular formula is C15H23NO3. The monoisotopic (exact) mass is 265 g/mol. The summed E-state index contributed by atoms with van der Waals surface area (Å²) in [5.41, 5.74) is 5.81. The molecule has 1 aromatic rings. The summed E-state index contributed by atoms with van der Waals surface area (Å²) in [6, 6.07) is 9.18. The number of carbonyl (C=O) groups is 1. The summed E-state index contributed by atoms with van der Waals surface area (Å²) in [7, 11) is 0. The lowest BCUT2D eigenvalue weighted by Crippen LogP contribution is -2.29. The van der Waals surface area contributed by atoms with Crippen molar-refractivity contribution in [3.05, 3.63) is 35.9 Å². The first-order valence-corrected chi connectivity index (χ1v) is 6.65. The van der Waals surface area contributed by atoms with Crippen molar-refractivity contribution in [3.8, 4) is 0 Å². The average molecular weight is 265 g/mol. The largest absolute Gasteiger partial charge is 0.466 e. The van der Waals surface area contributed by atoms with E-state index in [-0.39, 0.29) is 18.4 Å². The minimum atomic E-state index is -0.923. The van der Waals surface area contributed by atoms with Crippen LogP contribution >= 0.6 is 0 Å². The van der Waals surface area contributed by atoms with Crippen LogP contribution in [0.5, 0.6) is 0 Å². The Morgan fingerprint density at radius 1 is 1.42 bits per heavy atom. The van der Waals surface area contributed by atoms with Crippen molar-refractivity contribution in [1.29, 1.82) is 0 Å². The van der Waals surface area contributed by atoms with E-state index in [1.54, 1.807) is 13.8 Å². The van der Waals surface area contributed by atoms with Crippen molar-refractivity contribution >= 4 is 5.97 Å². The second kappa shape index (κ2) is 7.26. The van der Waals surface area contributed by atoms with Gasteiger partial charge >= 0.3 is 5.97 Å². The minimum Gasteiger partial charge on any atom is -0.466 e. The Morgan fingerprint density at radius 3 is 2.63 bits per heavy atom. The van der Waals surface area contributed by atoms with Crippen molar-refractivity contribution < 1.29 is 14.6 Å². The van der Waals surface area contributed by atoms with Crippen LogP contribution in [0.15, 0.2) is 30.3 Å². The number of ether oxygens (including phenoxy) is 1. The number of hydrogen-bond acceptors (Lipinski definition) is 4. The molecule has 0 aliphatic heterocycles. The van der Waals surface area contributed by atoms with E-state index in [1.807, 2.05) is 30.3 Å². The average Bonchev–Trinajstić information content (AvgIpc) is 2.38. The maximum Gasteiger partial charge on any atom is 0.307 e. The van der Waals surface area contributed by atoms with E-state index >= 15 is 0 Å². The lowest BCUT2D eigenvalue weighted by molar-refractivity contribution is -0.143. The highest BCUT2D eigenvalue weighted by Crippen LogP contribution is 2.26. The van der Waals surface area contributed by atoms with Gasteiger partial charge in [-0.15, -0.1) is 0 Å². The van der Waals surface area contributed by atoms with Gasteiger partial charge in [0, 0.05) is 6.04 Å². The Hall–Kier alpha value is -1.39. The molecule has 0 aliphatic rings. The first-order valence-electron chi connectivity index (χ1n) is 6.65. The van der Waals surface area contributed by atoms with E-state index in [9.17, 15) is 9.90 Å². The maximum atomic E-state index is 11.3. The molecule has 0 aliphatic carbocycles. The van der Waals surface area contributed by atoms with Gasteiger partial charge in [0.25, 0.3) is 0 Å². The quantitative estimate of drug-likeness (QED) is 0.739.